The van der Waals surface area contributed by atoms with Crippen molar-refractivity contribution >= 4 is 11.7 Å². The van der Waals surface area contributed by atoms with Crippen LogP contribution in [-0.4, -0.2) is 51.4 Å². The molecule has 4 heterocycles. The van der Waals surface area contributed by atoms with Crippen molar-refractivity contribution < 1.29 is 14.3 Å². The van der Waals surface area contributed by atoms with Crippen LogP contribution in [0.25, 0.3) is 5.95 Å². The van der Waals surface area contributed by atoms with Gasteiger partial charge in [0.1, 0.15) is 12.1 Å². The lowest BCUT2D eigenvalue weighted by Crippen LogP contribution is -2.46. The normalized spacial score (nSPS) is 18.2. The zero-order valence-electron chi connectivity index (χ0n) is 17.3. The van der Waals surface area contributed by atoms with Crippen molar-refractivity contribution in [2.24, 2.45) is 5.92 Å². The molecule has 1 amide bonds. The average molecular weight is 420 g/mol. The Balaban J connectivity index is 1.21. The van der Waals surface area contributed by atoms with E-state index in [2.05, 4.69) is 20.2 Å². The summed E-state index contributed by atoms with van der Waals surface area (Å²) in [7, 11) is 0. The first kappa shape index (κ1) is 19.3. The van der Waals surface area contributed by atoms with Crippen LogP contribution >= 0.6 is 0 Å². The largest absolute Gasteiger partial charge is 0.449 e. The number of rotatable bonds is 5. The highest BCUT2D eigenvalue weighted by atomic mass is 16.7. The second-order valence-electron chi connectivity index (χ2n) is 7.78. The van der Waals surface area contributed by atoms with Crippen molar-refractivity contribution in [3.63, 3.8) is 0 Å². The molecule has 9 heteroatoms. The molecule has 160 valence electrons. The van der Waals surface area contributed by atoms with Gasteiger partial charge in [0, 0.05) is 37.2 Å². The third kappa shape index (κ3) is 4.16. The number of imidazole rings is 1. The maximum absolute atomic E-state index is 12.8. The van der Waals surface area contributed by atoms with Crippen molar-refractivity contribution in [2.75, 3.05) is 24.5 Å². The molecule has 31 heavy (non-hydrogen) atoms. The number of ether oxygens (including phenoxy) is 2. The SMILES string of the molecule is Cc1cc(N2CCCC(C(=O)NCC3Oc4ccccc4O3)C2)nc(-n2ccnc2)n1. The number of anilines is 1. The van der Waals surface area contributed by atoms with E-state index in [9.17, 15) is 4.79 Å². The van der Waals surface area contributed by atoms with E-state index >= 15 is 0 Å². The highest BCUT2D eigenvalue weighted by Gasteiger charge is 2.29. The molecule has 1 fully saturated rings. The number of amides is 1. The molecule has 5 rings (SSSR count). The summed E-state index contributed by atoms with van der Waals surface area (Å²) >= 11 is 0. The van der Waals surface area contributed by atoms with Crippen LogP contribution in [0.5, 0.6) is 11.5 Å². The molecule has 2 aromatic heterocycles. The quantitative estimate of drug-likeness (QED) is 0.675. The van der Waals surface area contributed by atoms with Crippen LogP contribution in [0.2, 0.25) is 0 Å². The first-order chi connectivity index (χ1) is 15.2. The molecule has 0 radical (unpaired) electrons. The van der Waals surface area contributed by atoms with Crippen LogP contribution in [0.3, 0.4) is 0 Å². The van der Waals surface area contributed by atoms with Gasteiger partial charge in [-0.15, -0.1) is 0 Å². The Morgan fingerprint density at radius 1 is 1.23 bits per heavy atom. The van der Waals surface area contributed by atoms with Gasteiger partial charge in [-0.1, -0.05) is 12.1 Å². The lowest BCUT2D eigenvalue weighted by molar-refractivity contribution is -0.126. The summed E-state index contributed by atoms with van der Waals surface area (Å²) in [5.74, 6) is 2.70. The third-order valence-corrected chi connectivity index (χ3v) is 5.49. The lowest BCUT2D eigenvalue weighted by Gasteiger charge is -2.33. The number of carbonyl (C=O) groups is 1. The van der Waals surface area contributed by atoms with Gasteiger partial charge in [0.15, 0.2) is 11.5 Å². The summed E-state index contributed by atoms with van der Waals surface area (Å²) in [5, 5.41) is 2.99. The van der Waals surface area contributed by atoms with Gasteiger partial charge >= 0.3 is 0 Å². The molecule has 1 unspecified atom stereocenters. The van der Waals surface area contributed by atoms with Crippen molar-refractivity contribution in [3.05, 3.63) is 54.7 Å². The average Bonchev–Trinajstić information content (AvgIpc) is 3.47. The van der Waals surface area contributed by atoms with Gasteiger partial charge in [0.05, 0.1) is 12.5 Å². The van der Waals surface area contributed by atoms with E-state index < -0.39 is 6.29 Å². The van der Waals surface area contributed by atoms with Crippen LogP contribution < -0.4 is 19.7 Å². The van der Waals surface area contributed by atoms with Crippen molar-refractivity contribution in [2.45, 2.75) is 26.1 Å². The number of fused-ring (bicyclic) bond motifs is 1. The first-order valence-electron chi connectivity index (χ1n) is 10.4. The number of para-hydroxylation sites is 2. The van der Waals surface area contributed by atoms with Crippen LogP contribution in [0.4, 0.5) is 5.82 Å². The number of nitrogens with zero attached hydrogens (tertiary/aromatic N) is 5. The van der Waals surface area contributed by atoms with Crippen LogP contribution in [0, 0.1) is 12.8 Å². The van der Waals surface area contributed by atoms with Gasteiger partial charge in [0.25, 0.3) is 6.29 Å². The molecule has 2 aliphatic rings. The summed E-state index contributed by atoms with van der Waals surface area (Å²) in [5.41, 5.74) is 0.871. The molecule has 0 bridgehead atoms. The van der Waals surface area contributed by atoms with Gasteiger partial charge in [-0.25, -0.2) is 9.97 Å². The lowest BCUT2D eigenvalue weighted by atomic mass is 9.97. The van der Waals surface area contributed by atoms with Gasteiger partial charge in [-0.2, -0.15) is 4.98 Å². The zero-order chi connectivity index (χ0) is 21.2. The van der Waals surface area contributed by atoms with Crippen LogP contribution in [0.15, 0.2) is 49.1 Å². The number of piperidine rings is 1. The maximum Gasteiger partial charge on any atom is 0.258 e. The molecule has 1 aromatic carbocycles. The first-order valence-corrected chi connectivity index (χ1v) is 10.4. The predicted molar refractivity (Wildman–Crippen MR) is 113 cm³/mol. The Morgan fingerprint density at radius 2 is 2.03 bits per heavy atom. The minimum Gasteiger partial charge on any atom is -0.449 e. The van der Waals surface area contributed by atoms with Crippen molar-refractivity contribution in [1.29, 1.82) is 0 Å². The second kappa shape index (κ2) is 8.25. The number of aromatic nitrogens is 4. The van der Waals surface area contributed by atoms with E-state index in [4.69, 9.17) is 14.5 Å². The molecule has 1 N–H and O–H groups in total. The fourth-order valence-corrected chi connectivity index (χ4v) is 3.95. The van der Waals surface area contributed by atoms with Gasteiger partial charge < -0.3 is 19.7 Å². The Labute approximate surface area is 180 Å². The minimum absolute atomic E-state index is 0.00784. The summed E-state index contributed by atoms with van der Waals surface area (Å²) in [4.78, 5) is 28.2. The Hall–Kier alpha value is -3.62. The molecular weight excluding hydrogens is 396 g/mol. The van der Waals surface area contributed by atoms with E-state index in [0.29, 0.717) is 30.5 Å². The summed E-state index contributed by atoms with van der Waals surface area (Å²) in [6, 6.07) is 9.47. The summed E-state index contributed by atoms with van der Waals surface area (Å²) in [6.45, 7) is 3.72. The molecule has 0 saturated carbocycles. The fraction of sp³-hybridized carbons (Fsp3) is 0.364. The number of hydrogen-bond acceptors (Lipinski definition) is 7. The zero-order valence-corrected chi connectivity index (χ0v) is 17.3. The summed E-state index contributed by atoms with van der Waals surface area (Å²) in [6.07, 6.45) is 6.45. The maximum atomic E-state index is 12.8. The molecule has 1 atom stereocenters. The number of nitrogens with one attached hydrogen (secondary N) is 1. The topological polar surface area (TPSA) is 94.4 Å². The van der Waals surface area contributed by atoms with Gasteiger partial charge in [-0.3, -0.25) is 9.36 Å². The Morgan fingerprint density at radius 3 is 2.77 bits per heavy atom. The Bertz CT molecular complexity index is 1050. The van der Waals surface area contributed by atoms with Crippen molar-refractivity contribution in [3.8, 4) is 17.4 Å². The van der Waals surface area contributed by atoms with E-state index in [0.717, 1.165) is 30.9 Å². The van der Waals surface area contributed by atoms with E-state index in [1.54, 1.807) is 17.1 Å². The number of aryl methyl sites for hydroxylation is 1. The second-order valence-corrected chi connectivity index (χ2v) is 7.78. The molecule has 2 aliphatic heterocycles. The smallest absolute Gasteiger partial charge is 0.258 e. The monoisotopic (exact) mass is 420 g/mol. The van der Waals surface area contributed by atoms with E-state index in [-0.39, 0.29) is 11.8 Å². The van der Waals surface area contributed by atoms with Crippen molar-refractivity contribution in [1.82, 2.24) is 24.8 Å². The third-order valence-electron chi connectivity index (χ3n) is 5.49. The number of benzene rings is 1. The summed E-state index contributed by atoms with van der Waals surface area (Å²) < 4.78 is 13.2. The van der Waals surface area contributed by atoms with Crippen LogP contribution in [0.1, 0.15) is 18.5 Å². The fourth-order valence-electron chi connectivity index (χ4n) is 3.95. The molecule has 0 aliphatic carbocycles. The molecular formula is C22H24N6O3. The molecule has 3 aromatic rings. The standard InChI is InChI=1S/C22H24N6O3/c1-15-11-19(26-22(25-15)28-10-8-23-14-28)27-9-4-5-16(13-27)21(29)24-12-20-30-17-6-2-3-7-18(17)31-20/h2-3,6-8,10-11,14,16,20H,4-5,9,12-13H2,1H3,(H,24,29). The highest BCUT2D eigenvalue weighted by molar-refractivity contribution is 5.79. The van der Waals surface area contributed by atoms with Crippen LogP contribution in [-0.2, 0) is 4.79 Å². The number of carbonyl (C=O) groups excluding carboxylic acids is 1. The van der Waals surface area contributed by atoms with Gasteiger partial charge in [-0.05, 0) is 31.9 Å². The number of hydrogen-bond donors (Lipinski definition) is 1. The molecule has 1 saturated heterocycles. The highest BCUT2D eigenvalue weighted by Crippen LogP contribution is 2.33. The van der Waals surface area contributed by atoms with E-state index in [1.165, 1.54) is 0 Å². The van der Waals surface area contributed by atoms with Gasteiger partial charge in [0.2, 0.25) is 11.9 Å². The minimum atomic E-state index is -0.497. The predicted octanol–water partition coefficient (Wildman–Crippen LogP) is 2.10. The molecule has 9 nitrogen and oxygen atoms in total. The van der Waals surface area contributed by atoms with E-state index in [1.807, 2.05) is 43.5 Å². The Kier molecular flexibility index (Phi) is 5.15. The molecule has 0 spiro atoms.